The van der Waals surface area contributed by atoms with Crippen LogP contribution in [-0.4, -0.2) is 33.7 Å². The van der Waals surface area contributed by atoms with E-state index in [0.717, 1.165) is 31.5 Å². The van der Waals surface area contributed by atoms with Crippen molar-refractivity contribution in [1.29, 1.82) is 0 Å². The third-order valence-electron chi connectivity index (χ3n) is 3.86. The molecule has 0 radical (unpaired) electrons. The number of amides is 1. The maximum atomic E-state index is 11.8. The van der Waals surface area contributed by atoms with Crippen molar-refractivity contribution in [1.82, 2.24) is 20.6 Å². The Balaban J connectivity index is 1.70. The normalized spacial score (nSPS) is 23.8. The monoisotopic (exact) mass is 308 g/mol. The van der Waals surface area contributed by atoms with E-state index in [-0.39, 0.29) is 18.2 Å². The van der Waals surface area contributed by atoms with Gasteiger partial charge in [0.05, 0.1) is 6.04 Å². The largest absolute Gasteiger partial charge is 0.444 e. The summed E-state index contributed by atoms with van der Waals surface area (Å²) in [5.41, 5.74) is -0.443. The van der Waals surface area contributed by atoms with Gasteiger partial charge >= 0.3 is 6.09 Å². The third-order valence-corrected chi connectivity index (χ3v) is 3.86. The van der Waals surface area contributed by atoms with E-state index in [9.17, 15) is 4.79 Å². The number of hydrogen-bond acceptors (Lipinski definition) is 4. The molecule has 0 spiro atoms. The predicted octanol–water partition coefficient (Wildman–Crippen LogP) is 2.90. The highest BCUT2D eigenvalue weighted by Crippen LogP contribution is 2.21. The third kappa shape index (κ3) is 5.33. The maximum Gasteiger partial charge on any atom is 0.407 e. The summed E-state index contributed by atoms with van der Waals surface area (Å²) >= 11 is 0. The molecule has 6 heteroatoms. The summed E-state index contributed by atoms with van der Waals surface area (Å²) in [5, 5.41) is 6.56. The summed E-state index contributed by atoms with van der Waals surface area (Å²) in [4.78, 5) is 19.2. The fraction of sp³-hybridized carbons (Fsp3) is 0.750. The number of aromatic amines is 1. The number of nitrogens with one attached hydrogen (secondary N) is 3. The molecule has 1 saturated carbocycles. The highest BCUT2D eigenvalue weighted by molar-refractivity contribution is 5.68. The molecule has 1 aromatic rings. The molecule has 1 amide bonds. The van der Waals surface area contributed by atoms with Crippen molar-refractivity contribution >= 4 is 6.09 Å². The van der Waals surface area contributed by atoms with Crippen molar-refractivity contribution in [3.05, 3.63) is 18.2 Å². The molecule has 6 nitrogen and oxygen atoms in total. The van der Waals surface area contributed by atoms with Gasteiger partial charge in [0.25, 0.3) is 0 Å². The van der Waals surface area contributed by atoms with Gasteiger partial charge in [-0.25, -0.2) is 9.78 Å². The molecule has 0 aromatic carbocycles. The Bertz CT molecular complexity index is 459. The molecule has 22 heavy (non-hydrogen) atoms. The molecule has 1 heterocycles. The molecule has 3 N–H and O–H groups in total. The van der Waals surface area contributed by atoms with Crippen molar-refractivity contribution in [2.24, 2.45) is 0 Å². The first-order valence-corrected chi connectivity index (χ1v) is 8.08. The van der Waals surface area contributed by atoms with Crippen LogP contribution >= 0.6 is 0 Å². The minimum Gasteiger partial charge on any atom is -0.444 e. The van der Waals surface area contributed by atoms with Crippen molar-refractivity contribution in [3.8, 4) is 0 Å². The van der Waals surface area contributed by atoms with E-state index in [1.807, 2.05) is 27.0 Å². The number of carbonyl (C=O) groups excluding carboxylic acids is 1. The van der Waals surface area contributed by atoms with E-state index in [0.29, 0.717) is 6.04 Å². The number of ether oxygens (including phenoxy) is 1. The summed E-state index contributed by atoms with van der Waals surface area (Å²) in [7, 11) is 0. The van der Waals surface area contributed by atoms with Crippen molar-refractivity contribution in [2.45, 2.75) is 77.1 Å². The molecule has 1 aromatic heterocycles. The summed E-state index contributed by atoms with van der Waals surface area (Å²) in [6.45, 7) is 7.75. The minimum absolute atomic E-state index is 0.215. The van der Waals surface area contributed by atoms with Crippen LogP contribution in [0.25, 0.3) is 0 Å². The van der Waals surface area contributed by atoms with Gasteiger partial charge in [0, 0.05) is 24.5 Å². The molecule has 1 atom stereocenters. The molecular formula is C16H28N4O2. The van der Waals surface area contributed by atoms with Gasteiger partial charge < -0.3 is 20.4 Å². The molecular weight excluding hydrogens is 280 g/mol. The first-order valence-electron chi connectivity index (χ1n) is 8.08. The van der Waals surface area contributed by atoms with Crippen LogP contribution in [0.1, 0.15) is 65.2 Å². The zero-order chi connectivity index (χ0) is 16.2. The van der Waals surface area contributed by atoms with E-state index < -0.39 is 5.60 Å². The van der Waals surface area contributed by atoms with E-state index in [4.69, 9.17) is 4.74 Å². The summed E-state index contributed by atoms with van der Waals surface area (Å²) in [5.74, 6) is 0.967. The number of hydrogen-bond donors (Lipinski definition) is 3. The number of alkyl carbamates (subject to hydrolysis) is 1. The number of carbonyl (C=O) groups is 1. The van der Waals surface area contributed by atoms with Crippen LogP contribution in [0, 0.1) is 0 Å². The fourth-order valence-electron chi connectivity index (χ4n) is 2.83. The van der Waals surface area contributed by atoms with Gasteiger partial charge in [0.15, 0.2) is 0 Å². The highest BCUT2D eigenvalue weighted by Gasteiger charge is 2.25. The van der Waals surface area contributed by atoms with E-state index >= 15 is 0 Å². The van der Waals surface area contributed by atoms with Gasteiger partial charge in [0.2, 0.25) is 0 Å². The molecule has 124 valence electrons. The van der Waals surface area contributed by atoms with Crippen LogP contribution < -0.4 is 10.6 Å². The molecule has 1 fully saturated rings. The SMILES string of the molecule is CC(NC1CCC(NC(=O)OC(C)(C)C)CC1)c1ncc[nH]1. The van der Waals surface area contributed by atoms with Crippen LogP contribution in [0.3, 0.4) is 0 Å². The molecule has 1 aliphatic carbocycles. The Labute approximate surface area is 132 Å². The van der Waals surface area contributed by atoms with Gasteiger partial charge in [-0.2, -0.15) is 0 Å². The second kappa shape index (κ2) is 7.13. The van der Waals surface area contributed by atoms with Crippen molar-refractivity contribution in [2.75, 3.05) is 0 Å². The van der Waals surface area contributed by atoms with Gasteiger partial charge in [-0.15, -0.1) is 0 Å². The van der Waals surface area contributed by atoms with Crippen LogP contribution in [0.15, 0.2) is 12.4 Å². The first-order chi connectivity index (χ1) is 10.3. The van der Waals surface area contributed by atoms with E-state index in [1.54, 1.807) is 6.20 Å². The first kappa shape index (κ1) is 16.8. The number of aromatic nitrogens is 2. The molecule has 1 aliphatic rings. The van der Waals surface area contributed by atoms with Crippen LogP contribution in [0.5, 0.6) is 0 Å². The lowest BCUT2D eigenvalue weighted by Crippen LogP contribution is -2.44. The van der Waals surface area contributed by atoms with Crippen molar-refractivity contribution < 1.29 is 9.53 Å². The predicted molar refractivity (Wildman–Crippen MR) is 85.6 cm³/mol. The second-order valence-corrected chi connectivity index (χ2v) is 7.06. The fourth-order valence-corrected chi connectivity index (χ4v) is 2.83. The standard InChI is InChI=1S/C16H28N4O2/c1-11(14-17-9-10-18-14)19-12-5-7-13(8-6-12)20-15(21)22-16(2,3)4/h9-13,19H,5-8H2,1-4H3,(H,17,18)(H,20,21). The number of rotatable bonds is 4. The molecule has 0 aliphatic heterocycles. The molecule has 2 rings (SSSR count). The Kier molecular flexibility index (Phi) is 5.45. The molecule has 0 saturated heterocycles. The quantitative estimate of drug-likeness (QED) is 0.799. The average Bonchev–Trinajstić information content (AvgIpc) is 2.92. The summed E-state index contributed by atoms with van der Waals surface area (Å²) < 4.78 is 5.30. The average molecular weight is 308 g/mol. The Morgan fingerprint density at radius 2 is 1.95 bits per heavy atom. The van der Waals surface area contributed by atoms with Gasteiger partial charge in [-0.3, -0.25) is 0 Å². The zero-order valence-corrected chi connectivity index (χ0v) is 14.0. The molecule has 0 bridgehead atoms. The van der Waals surface area contributed by atoms with Crippen LogP contribution in [-0.2, 0) is 4.74 Å². The smallest absolute Gasteiger partial charge is 0.407 e. The second-order valence-electron chi connectivity index (χ2n) is 7.06. The Hall–Kier alpha value is -1.56. The Morgan fingerprint density at radius 1 is 1.32 bits per heavy atom. The lowest BCUT2D eigenvalue weighted by Gasteiger charge is -2.31. The Morgan fingerprint density at radius 3 is 2.50 bits per heavy atom. The summed E-state index contributed by atoms with van der Waals surface area (Å²) in [6.07, 6.45) is 7.35. The zero-order valence-electron chi connectivity index (χ0n) is 14.0. The van der Waals surface area contributed by atoms with Gasteiger partial charge in [-0.1, -0.05) is 0 Å². The van der Waals surface area contributed by atoms with Crippen LogP contribution in [0.4, 0.5) is 4.79 Å². The highest BCUT2D eigenvalue weighted by atomic mass is 16.6. The number of nitrogens with zero attached hydrogens (tertiary/aromatic N) is 1. The topological polar surface area (TPSA) is 79.0 Å². The maximum absolute atomic E-state index is 11.8. The summed E-state index contributed by atoms with van der Waals surface area (Å²) in [6, 6.07) is 0.902. The van der Waals surface area contributed by atoms with Gasteiger partial charge in [-0.05, 0) is 53.4 Å². The minimum atomic E-state index is -0.443. The van der Waals surface area contributed by atoms with Crippen molar-refractivity contribution in [3.63, 3.8) is 0 Å². The van der Waals surface area contributed by atoms with Gasteiger partial charge in [0.1, 0.15) is 11.4 Å². The van der Waals surface area contributed by atoms with Crippen LogP contribution in [0.2, 0.25) is 0 Å². The number of imidazole rings is 1. The van der Waals surface area contributed by atoms with E-state index in [2.05, 4.69) is 27.5 Å². The van der Waals surface area contributed by atoms with E-state index in [1.165, 1.54) is 0 Å². The lowest BCUT2D eigenvalue weighted by molar-refractivity contribution is 0.0489. The lowest BCUT2D eigenvalue weighted by atomic mass is 9.91. The molecule has 1 unspecified atom stereocenters. The number of H-pyrrole nitrogens is 1.